The van der Waals surface area contributed by atoms with Crippen molar-refractivity contribution in [3.8, 4) is 0 Å². The summed E-state index contributed by atoms with van der Waals surface area (Å²) in [6.45, 7) is 4.13. The Bertz CT molecular complexity index is 400. The van der Waals surface area contributed by atoms with Crippen molar-refractivity contribution >= 4 is 0 Å². The maximum Gasteiger partial charge on any atom is 0.132 e. The van der Waals surface area contributed by atoms with E-state index in [4.69, 9.17) is 5.73 Å². The number of benzene rings is 1. The molecule has 1 saturated carbocycles. The minimum Gasteiger partial charge on any atom is -0.326 e. The van der Waals surface area contributed by atoms with Crippen molar-refractivity contribution in [1.82, 2.24) is 4.90 Å². The molecule has 2 rings (SSSR count). The van der Waals surface area contributed by atoms with Crippen LogP contribution in [0.4, 0.5) is 4.39 Å². The molecule has 0 heterocycles. The summed E-state index contributed by atoms with van der Waals surface area (Å²) in [6.07, 6.45) is 6.49. The number of nitrogens with zero attached hydrogens (tertiary/aromatic N) is 1. The summed E-state index contributed by atoms with van der Waals surface area (Å²) in [5.74, 6) is -0.112. The molecule has 1 fully saturated rings. The van der Waals surface area contributed by atoms with Gasteiger partial charge in [-0.2, -0.15) is 0 Å². The van der Waals surface area contributed by atoms with E-state index in [1.165, 1.54) is 32.1 Å². The fourth-order valence-electron chi connectivity index (χ4n) is 3.08. The predicted molar refractivity (Wildman–Crippen MR) is 77.2 cm³/mol. The minimum absolute atomic E-state index is 0.112. The molecule has 0 spiro atoms. The lowest BCUT2D eigenvalue weighted by Gasteiger charge is -2.33. The van der Waals surface area contributed by atoms with E-state index in [1.54, 1.807) is 6.07 Å². The zero-order valence-electron chi connectivity index (χ0n) is 11.9. The lowest BCUT2D eigenvalue weighted by atomic mass is 9.93. The first kappa shape index (κ1) is 14.5. The number of rotatable bonds is 5. The molecule has 0 saturated heterocycles. The van der Waals surface area contributed by atoms with Crippen LogP contribution in [-0.2, 0) is 13.1 Å². The van der Waals surface area contributed by atoms with Crippen LogP contribution in [0.5, 0.6) is 0 Å². The second-order valence-corrected chi connectivity index (χ2v) is 5.45. The third-order valence-corrected chi connectivity index (χ3v) is 4.25. The van der Waals surface area contributed by atoms with Gasteiger partial charge >= 0.3 is 0 Å². The number of nitrogens with two attached hydrogens (primary N) is 1. The summed E-state index contributed by atoms with van der Waals surface area (Å²) in [7, 11) is 0. The Hall–Kier alpha value is -0.930. The largest absolute Gasteiger partial charge is 0.326 e. The van der Waals surface area contributed by atoms with E-state index in [0.29, 0.717) is 18.2 Å². The molecule has 1 aromatic carbocycles. The normalized spacial score (nSPS) is 17.1. The van der Waals surface area contributed by atoms with Crippen LogP contribution in [0.2, 0.25) is 0 Å². The second kappa shape index (κ2) is 7.01. The Morgan fingerprint density at radius 3 is 2.53 bits per heavy atom. The quantitative estimate of drug-likeness (QED) is 0.882. The Labute approximate surface area is 115 Å². The van der Waals surface area contributed by atoms with Gasteiger partial charge in [-0.05, 0) is 19.4 Å². The molecule has 0 amide bonds. The lowest BCUT2D eigenvalue weighted by molar-refractivity contribution is 0.154. The van der Waals surface area contributed by atoms with Gasteiger partial charge in [0, 0.05) is 30.3 Å². The molecule has 1 aromatic rings. The van der Waals surface area contributed by atoms with Gasteiger partial charge in [-0.3, -0.25) is 4.90 Å². The number of halogens is 1. The molecule has 0 radical (unpaired) electrons. The topological polar surface area (TPSA) is 29.3 Å². The van der Waals surface area contributed by atoms with Gasteiger partial charge in [0.1, 0.15) is 5.82 Å². The predicted octanol–water partition coefficient (Wildman–Crippen LogP) is 3.44. The summed E-state index contributed by atoms with van der Waals surface area (Å²) < 4.78 is 14.2. The van der Waals surface area contributed by atoms with E-state index in [2.05, 4.69) is 11.8 Å². The van der Waals surface area contributed by atoms with Crippen LogP contribution in [0.15, 0.2) is 18.2 Å². The average Bonchev–Trinajstić information content (AvgIpc) is 2.47. The van der Waals surface area contributed by atoms with Gasteiger partial charge in [0.15, 0.2) is 0 Å². The van der Waals surface area contributed by atoms with Crippen molar-refractivity contribution in [3.63, 3.8) is 0 Å². The first-order valence-corrected chi connectivity index (χ1v) is 7.46. The summed E-state index contributed by atoms with van der Waals surface area (Å²) in [6, 6.07) is 6.20. The molecule has 3 heteroatoms. The highest BCUT2D eigenvalue weighted by molar-refractivity contribution is 5.26. The highest BCUT2D eigenvalue weighted by atomic mass is 19.1. The molecule has 106 valence electrons. The van der Waals surface area contributed by atoms with Crippen molar-refractivity contribution in [1.29, 1.82) is 0 Å². The van der Waals surface area contributed by atoms with Crippen molar-refractivity contribution in [3.05, 3.63) is 35.1 Å². The first-order valence-electron chi connectivity index (χ1n) is 7.46. The van der Waals surface area contributed by atoms with Crippen LogP contribution in [0.1, 0.15) is 50.2 Å². The molecule has 0 atom stereocenters. The minimum atomic E-state index is -0.112. The smallest absolute Gasteiger partial charge is 0.132 e. The van der Waals surface area contributed by atoms with Crippen LogP contribution >= 0.6 is 0 Å². The Morgan fingerprint density at radius 1 is 1.21 bits per heavy atom. The zero-order chi connectivity index (χ0) is 13.7. The molecular formula is C16H25FN2. The third kappa shape index (κ3) is 3.54. The van der Waals surface area contributed by atoms with Crippen LogP contribution < -0.4 is 5.73 Å². The molecule has 1 aliphatic rings. The molecule has 2 nitrogen and oxygen atoms in total. The SMILES string of the molecule is CCN(Cc1cccc(CN)c1F)C1CCCCC1. The standard InChI is InChI=1S/C16H25FN2/c1-2-19(15-9-4-3-5-10-15)12-14-8-6-7-13(11-18)16(14)17/h6-8,15H,2-5,9-12,18H2,1H3. The van der Waals surface area contributed by atoms with Gasteiger partial charge in [-0.15, -0.1) is 0 Å². The molecule has 2 N–H and O–H groups in total. The zero-order valence-corrected chi connectivity index (χ0v) is 11.9. The summed E-state index contributed by atoms with van der Waals surface area (Å²) in [4.78, 5) is 2.41. The molecular weight excluding hydrogens is 239 g/mol. The van der Waals surface area contributed by atoms with E-state index in [1.807, 2.05) is 12.1 Å². The van der Waals surface area contributed by atoms with Gasteiger partial charge in [0.05, 0.1) is 0 Å². The van der Waals surface area contributed by atoms with Gasteiger partial charge in [0.2, 0.25) is 0 Å². The summed E-state index contributed by atoms with van der Waals surface area (Å²) >= 11 is 0. The highest BCUT2D eigenvalue weighted by Crippen LogP contribution is 2.24. The third-order valence-electron chi connectivity index (χ3n) is 4.25. The van der Waals surface area contributed by atoms with Crippen LogP contribution in [0.25, 0.3) is 0 Å². The maximum atomic E-state index is 14.2. The highest BCUT2D eigenvalue weighted by Gasteiger charge is 2.21. The molecule has 0 aliphatic heterocycles. The monoisotopic (exact) mass is 264 g/mol. The van der Waals surface area contributed by atoms with E-state index in [-0.39, 0.29) is 12.4 Å². The summed E-state index contributed by atoms with van der Waals surface area (Å²) in [5.41, 5.74) is 6.98. The Morgan fingerprint density at radius 2 is 1.89 bits per heavy atom. The van der Waals surface area contributed by atoms with E-state index < -0.39 is 0 Å². The van der Waals surface area contributed by atoms with Crippen LogP contribution in [0, 0.1) is 5.82 Å². The van der Waals surface area contributed by atoms with Crippen molar-refractivity contribution in [2.45, 2.75) is 58.2 Å². The Kier molecular flexibility index (Phi) is 5.34. The van der Waals surface area contributed by atoms with Crippen molar-refractivity contribution < 1.29 is 4.39 Å². The molecule has 19 heavy (non-hydrogen) atoms. The second-order valence-electron chi connectivity index (χ2n) is 5.45. The van der Waals surface area contributed by atoms with Gasteiger partial charge in [0.25, 0.3) is 0 Å². The summed E-state index contributed by atoms with van der Waals surface area (Å²) in [5, 5.41) is 0. The van der Waals surface area contributed by atoms with E-state index in [0.717, 1.165) is 12.1 Å². The van der Waals surface area contributed by atoms with Gasteiger partial charge in [-0.25, -0.2) is 4.39 Å². The lowest BCUT2D eigenvalue weighted by Crippen LogP contribution is -2.36. The maximum absolute atomic E-state index is 14.2. The number of hydrogen-bond acceptors (Lipinski definition) is 2. The first-order chi connectivity index (χ1) is 9.26. The average molecular weight is 264 g/mol. The van der Waals surface area contributed by atoms with E-state index >= 15 is 0 Å². The van der Waals surface area contributed by atoms with Crippen molar-refractivity contribution in [2.75, 3.05) is 6.54 Å². The molecule has 0 bridgehead atoms. The Balaban J connectivity index is 2.09. The number of hydrogen-bond donors (Lipinski definition) is 1. The van der Waals surface area contributed by atoms with E-state index in [9.17, 15) is 4.39 Å². The van der Waals surface area contributed by atoms with Gasteiger partial charge in [-0.1, -0.05) is 44.4 Å². The van der Waals surface area contributed by atoms with Crippen LogP contribution in [-0.4, -0.2) is 17.5 Å². The fraction of sp³-hybridized carbons (Fsp3) is 0.625. The van der Waals surface area contributed by atoms with Crippen LogP contribution in [0.3, 0.4) is 0 Å². The van der Waals surface area contributed by atoms with Gasteiger partial charge < -0.3 is 5.73 Å². The molecule has 0 aromatic heterocycles. The molecule has 1 aliphatic carbocycles. The van der Waals surface area contributed by atoms with Crippen molar-refractivity contribution in [2.24, 2.45) is 5.73 Å². The fourth-order valence-corrected chi connectivity index (χ4v) is 3.08. The molecule has 0 unspecified atom stereocenters.